The van der Waals surface area contributed by atoms with Gasteiger partial charge in [-0.15, -0.1) is 0 Å². The van der Waals surface area contributed by atoms with Crippen molar-refractivity contribution in [2.75, 3.05) is 17.3 Å². The fraction of sp³-hybridized carbons (Fsp3) is 0.0714. The van der Waals surface area contributed by atoms with Crippen molar-refractivity contribution < 1.29 is 14.1 Å². The number of nitro groups is 1. The molecule has 1 N–H and O–H groups in total. The Morgan fingerprint density at radius 2 is 1.91 bits per heavy atom. The Labute approximate surface area is 130 Å². The highest BCUT2D eigenvalue weighted by Crippen LogP contribution is 2.27. The summed E-state index contributed by atoms with van der Waals surface area (Å²) in [6.45, 7) is 0. The van der Waals surface area contributed by atoms with Gasteiger partial charge in [0.05, 0.1) is 4.92 Å². The summed E-state index contributed by atoms with van der Waals surface area (Å²) in [5, 5.41) is 13.3. The molecule has 2 aromatic carbocycles. The molecule has 6 nitrogen and oxygen atoms in total. The number of benzene rings is 2. The van der Waals surface area contributed by atoms with Gasteiger partial charge < -0.3 is 5.32 Å². The summed E-state index contributed by atoms with van der Waals surface area (Å²) in [5.41, 5.74) is 0.404. The molecule has 0 heterocycles. The Balaban J connectivity index is 2.16. The fourth-order valence-electron chi connectivity index (χ4n) is 1.72. The summed E-state index contributed by atoms with van der Waals surface area (Å²) >= 11 is 5.70. The van der Waals surface area contributed by atoms with Crippen molar-refractivity contribution in [3.05, 3.63) is 63.4 Å². The summed E-state index contributed by atoms with van der Waals surface area (Å²) in [7, 11) is 1.49. The van der Waals surface area contributed by atoms with Crippen molar-refractivity contribution in [2.45, 2.75) is 0 Å². The lowest BCUT2D eigenvalue weighted by Crippen LogP contribution is -2.31. The molecule has 0 aliphatic carbocycles. The van der Waals surface area contributed by atoms with Gasteiger partial charge in [0.15, 0.2) is 0 Å². The highest BCUT2D eigenvalue weighted by molar-refractivity contribution is 6.32. The van der Waals surface area contributed by atoms with Gasteiger partial charge >= 0.3 is 6.03 Å². The molecule has 0 unspecified atom stereocenters. The third-order valence-corrected chi connectivity index (χ3v) is 3.23. The van der Waals surface area contributed by atoms with Crippen molar-refractivity contribution in [1.82, 2.24) is 0 Å². The summed E-state index contributed by atoms with van der Waals surface area (Å²) in [6, 6.07) is 8.76. The first kappa shape index (κ1) is 15.7. The van der Waals surface area contributed by atoms with E-state index >= 15 is 0 Å². The minimum atomic E-state index is -0.637. The molecule has 0 fully saturated rings. The summed E-state index contributed by atoms with van der Waals surface area (Å²) < 4.78 is 12.9. The second kappa shape index (κ2) is 6.40. The van der Waals surface area contributed by atoms with Gasteiger partial charge in [0.1, 0.15) is 10.8 Å². The maximum atomic E-state index is 12.9. The van der Waals surface area contributed by atoms with E-state index in [4.69, 9.17) is 11.6 Å². The molecule has 0 aliphatic heterocycles. The molecule has 2 aromatic rings. The highest BCUT2D eigenvalue weighted by Gasteiger charge is 2.16. The summed E-state index contributed by atoms with van der Waals surface area (Å²) in [6.07, 6.45) is 0. The number of rotatable bonds is 3. The molecule has 0 atom stereocenters. The third-order valence-electron chi connectivity index (χ3n) is 2.91. The number of carbonyl (C=O) groups is 1. The molecule has 0 spiro atoms. The van der Waals surface area contributed by atoms with Crippen LogP contribution >= 0.6 is 11.6 Å². The number of hydrogen-bond acceptors (Lipinski definition) is 3. The van der Waals surface area contributed by atoms with Crippen molar-refractivity contribution in [2.24, 2.45) is 0 Å². The molecule has 8 heteroatoms. The average Bonchev–Trinajstić information content (AvgIpc) is 2.49. The summed E-state index contributed by atoms with van der Waals surface area (Å²) in [4.78, 5) is 23.5. The molecule has 0 saturated heterocycles. The highest BCUT2D eigenvalue weighted by atomic mass is 35.5. The van der Waals surface area contributed by atoms with Crippen LogP contribution < -0.4 is 10.2 Å². The summed E-state index contributed by atoms with van der Waals surface area (Å²) in [5.74, 6) is -0.411. The van der Waals surface area contributed by atoms with Gasteiger partial charge in [-0.1, -0.05) is 11.6 Å². The zero-order chi connectivity index (χ0) is 16.3. The Morgan fingerprint density at radius 1 is 1.27 bits per heavy atom. The molecule has 22 heavy (non-hydrogen) atoms. The van der Waals surface area contributed by atoms with Crippen LogP contribution in [0, 0.1) is 15.9 Å². The lowest BCUT2D eigenvalue weighted by Gasteiger charge is -2.18. The number of halogens is 2. The number of urea groups is 1. The zero-order valence-corrected chi connectivity index (χ0v) is 12.2. The first-order valence-electron chi connectivity index (χ1n) is 6.12. The van der Waals surface area contributed by atoms with Crippen LogP contribution in [0.25, 0.3) is 0 Å². The van der Waals surface area contributed by atoms with Gasteiger partial charge in [0.25, 0.3) is 5.69 Å². The molecule has 2 amide bonds. The first-order valence-corrected chi connectivity index (χ1v) is 6.50. The maximum Gasteiger partial charge on any atom is 0.326 e. The predicted octanol–water partition coefficient (Wildman–Crippen LogP) is 4.06. The number of nitro benzene ring substituents is 1. The van der Waals surface area contributed by atoms with E-state index in [2.05, 4.69) is 5.32 Å². The van der Waals surface area contributed by atoms with E-state index in [1.165, 1.54) is 54.4 Å². The zero-order valence-electron chi connectivity index (χ0n) is 11.4. The minimum Gasteiger partial charge on any atom is -0.307 e. The molecule has 2 rings (SSSR count). The van der Waals surface area contributed by atoms with Gasteiger partial charge in [-0.05, 0) is 36.4 Å². The Morgan fingerprint density at radius 3 is 2.50 bits per heavy atom. The number of hydrogen-bond donors (Lipinski definition) is 1. The number of carbonyl (C=O) groups excluding carboxylic acids is 1. The standard InChI is InChI=1S/C14H11ClFN3O3/c1-18(11-5-2-9(16)3-6-11)14(20)17-10-4-7-12(15)13(8-10)19(21)22/h2-8H,1H3,(H,17,20). The lowest BCUT2D eigenvalue weighted by atomic mass is 10.2. The van der Waals surface area contributed by atoms with Crippen molar-refractivity contribution in [3.8, 4) is 0 Å². The molecule has 0 saturated carbocycles. The van der Waals surface area contributed by atoms with E-state index in [0.29, 0.717) is 5.69 Å². The maximum absolute atomic E-state index is 12.9. The largest absolute Gasteiger partial charge is 0.326 e. The monoisotopic (exact) mass is 323 g/mol. The minimum absolute atomic E-state index is 0.0186. The van der Waals surface area contributed by atoms with Crippen LogP contribution in [-0.4, -0.2) is 18.0 Å². The van der Waals surface area contributed by atoms with Crippen LogP contribution in [0.3, 0.4) is 0 Å². The molecular formula is C14H11ClFN3O3. The molecular weight excluding hydrogens is 313 g/mol. The fourth-order valence-corrected chi connectivity index (χ4v) is 1.91. The van der Waals surface area contributed by atoms with Crippen LogP contribution in [-0.2, 0) is 0 Å². The molecule has 0 radical (unpaired) electrons. The van der Waals surface area contributed by atoms with Gasteiger partial charge in [-0.25, -0.2) is 9.18 Å². The van der Waals surface area contributed by atoms with E-state index in [0.717, 1.165) is 0 Å². The van der Waals surface area contributed by atoms with Crippen LogP contribution in [0.15, 0.2) is 42.5 Å². The third kappa shape index (κ3) is 3.50. The van der Waals surface area contributed by atoms with Gasteiger partial charge in [-0.2, -0.15) is 0 Å². The van der Waals surface area contributed by atoms with Crippen LogP contribution in [0.4, 0.5) is 26.2 Å². The van der Waals surface area contributed by atoms with E-state index in [1.807, 2.05) is 0 Å². The Hall–Kier alpha value is -2.67. The molecule has 0 bridgehead atoms. The molecule has 114 valence electrons. The van der Waals surface area contributed by atoms with E-state index in [9.17, 15) is 19.3 Å². The van der Waals surface area contributed by atoms with E-state index < -0.39 is 16.8 Å². The van der Waals surface area contributed by atoms with E-state index in [1.54, 1.807) is 0 Å². The lowest BCUT2D eigenvalue weighted by molar-refractivity contribution is -0.384. The number of nitrogens with zero attached hydrogens (tertiary/aromatic N) is 2. The quantitative estimate of drug-likeness (QED) is 0.683. The Kier molecular flexibility index (Phi) is 4.57. The van der Waals surface area contributed by atoms with E-state index in [-0.39, 0.29) is 16.4 Å². The SMILES string of the molecule is CN(C(=O)Nc1ccc(Cl)c([N+](=O)[O-])c1)c1ccc(F)cc1. The molecule has 0 aromatic heterocycles. The number of nitrogens with one attached hydrogen (secondary N) is 1. The predicted molar refractivity (Wildman–Crippen MR) is 81.9 cm³/mol. The van der Waals surface area contributed by atoms with Crippen LogP contribution in [0.2, 0.25) is 5.02 Å². The topological polar surface area (TPSA) is 75.5 Å². The second-order valence-corrected chi connectivity index (χ2v) is 4.80. The smallest absolute Gasteiger partial charge is 0.307 e. The first-order chi connectivity index (χ1) is 10.4. The second-order valence-electron chi connectivity index (χ2n) is 4.39. The average molecular weight is 324 g/mol. The normalized spacial score (nSPS) is 10.1. The number of anilines is 2. The van der Waals surface area contributed by atoms with Gasteiger partial charge in [0, 0.05) is 24.5 Å². The van der Waals surface area contributed by atoms with Gasteiger partial charge in [-0.3, -0.25) is 15.0 Å². The Bertz CT molecular complexity index is 722. The number of amides is 2. The van der Waals surface area contributed by atoms with Crippen molar-refractivity contribution in [3.63, 3.8) is 0 Å². The molecule has 0 aliphatic rings. The van der Waals surface area contributed by atoms with Crippen LogP contribution in [0.5, 0.6) is 0 Å². The van der Waals surface area contributed by atoms with Crippen LogP contribution in [0.1, 0.15) is 0 Å². The van der Waals surface area contributed by atoms with Crippen molar-refractivity contribution in [1.29, 1.82) is 0 Å². The van der Waals surface area contributed by atoms with Crippen molar-refractivity contribution >= 4 is 34.7 Å². The van der Waals surface area contributed by atoms with Gasteiger partial charge in [0.2, 0.25) is 0 Å².